The predicted octanol–water partition coefficient (Wildman–Crippen LogP) is 3.55. The van der Waals surface area contributed by atoms with Gasteiger partial charge in [-0.25, -0.2) is 4.98 Å². The number of rotatable bonds is 5. The van der Waals surface area contributed by atoms with E-state index in [-0.39, 0.29) is 18.4 Å². The summed E-state index contributed by atoms with van der Waals surface area (Å²) in [6.07, 6.45) is 1.94. The first-order chi connectivity index (χ1) is 11.5. The molecule has 24 heavy (non-hydrogen) atoms. The number of nitrogens with two attached hydrogens (primary N) is 1. The maximum Gasteiger partial charge on any atom is 0.224 e. The third-order valence-electron chi connectivity index (χ3n) is 4.23. The van der Waals surface area contributed by atoms with Gasteiger partial charge in [-0.05, 0) is 19.4 Å². The van der Waals surface area contributed by atoms with Crippen molar-refractivity contribution < 1.29 is 9.21 Å². The molecule has 2 aromatic heterocycles. The summed E-state index contributed by atoms with van der Waals surface area (Å²) in [7, 11) is 1.77. The van der Waals surface area contributed by atoms with Gasteiger partial charge in [0.1, 0.15) is 16.4 Å². The first-order valence-electron chi connectivity index (χ1n) is 7.84. The van der Waals surface area contributed by atoms with Crippen LogP contribution < -0.4 is 5.73 Å². The molecule has 0 bridgehead atoms. The highest BCUT2D eigenvalue weighted by Crippen LogP contribution is 2.28. The summed E-state index contributed by atoms with van der Waals surface area (Å²) < 4.78 is 5.99. The zero-order valence-corrected chi connectivity index (χ0v) is 14.9. The van der Waals surface area contributed by atoms with Gasteiger partial charge in [0.15, 0.2) is 0 Å². The second-order valence-electron chi connectivity index (χ2n) is 6.03. The zero-order chi connectivity index (χ0) is 17.3. The third kappa shape index (κ3) is 3.20. The van der Waals surface area contributed by atoms with E-state index in [2.05, 4.69) is 4.98 Å². The number of aromatic nitrogens is 1. The van der Waals surface area contributed by atoms with Gasteiger partial charge in [-0.1, -0.05) is 18.2 Å². The van der Waals surface area contributed by atoms with Gasteiger partial charge in [-0.2, -0.15) is 0 Å². The highest BCUT2D eigenvalue weighted by molar-refractivity contribution is 7.09. The Morgan fingerprint density at radius 2 is 2.21 bits per heavy atom. The van der Waals surface area contributed by atoms with Crippen molar-refractivity contribution in [3.63, 3.8) is 0 Å². The van der Waals surface area contributed by atoms with Crippen molar-refractivity contribution in [2.75, 3.05) is 7.05 Å². The molecule has 3 aromatic rings. The fourth-order valence-corrected chi connectivity index (χ4v) is 3.38. The number of amides is 1. The SMILES string of the molecule is Cc1c(CN(C)C(=O)CC(N)c2nccs2)oc2c(C)cccc12. The molecule has 1 amide bonds. The first kappa shape index (κ1) is 16.7. The molecule has 3 rings (SSSR count). The first-order valence-corrected chi connectivity index (χ1v) is 8.72. The second-order valence-corrected chi connectivity index (χ2v) is 6.96. The molecule has 0 aliphatic rings. The van der Waals surface area contributed by atoms with E-state index in [9.17, 15) is 4.79 Å². The van der Waals surface area contributed by atoms with Crippen LogP contribution in [-0.4, -0.2) is 22.8 Å². The van der Waals surface area contributed by atoms with Crippen LogP contribution in [0.25, 0.3) is 11.0 Å². The molecule has 0 fully saturated rings. The number of carbonyl (C=O) groups is 1. The Hall–Kier alpha value is -2.18. The zero-order valence-electron chi connectivity index (χ0n) is 14.1. The van der Waals surface area contributed by atoms with Gasteiger partial charge < -0.3 is 15.1 Å². The van der Waals surface area contributed by atoms with E-state index < -0.39 is 0 Å². The third-order valence-corrected chi connectivity index (χ3v) is 5.14. The van der Waals surface area contributed by atoms with Crippen molar-refractivity contribution in [1.82, 2.24) is 9.88 Å². The lowest BCUT2D eigenvalue weighted by Gasteiger charge is -2.18. The minimum absolute atomic E-state index is 0.0192. The second kappa shape index (κ2) is 6.75. The van der Waals surface area contributed by atoms with Gasteiger partial charge in [0.2, 0.25) is 5.91 Å². The van der Waals surface area contributed by atoms with Gasteiger partial charge in [0.05, 0.1) is 12.6 Å². The minimum atomic E-state index is -0.362. The summed E-state index contributed by atoms with van der Waals surface area (Å²) >= 11 is 1.47. The van der Waals surface area contributed by atoms with Gasteiger partial charge in [-0.3, -0.25) is 4.79 Å². The van der Waals surface area contributed by atoms with Gasteiger partial charge in [0.25, 0.3) is 0 Å². The molecule has 5 nitrogen and oxygen atoms in total. The van der Waals surface area contributed by atoms with Crippen molar-refractivity contribution in [2.45, 2.75) is 32.9 Å². The van der Waals surface area contributed by atoms with E-state index in [1.54, 1.807) is 18.1 Å². The van der Waals surface area contributed by atoms with Crippen LogP contribution in [0.2, 0.25) is 0 Å². The van der Waals surface area contributed by atoms with Gasteiger partial charge in [-0.15, -0.1) is 11.3 Å². The number of furan rings is 1. The van der Waals surface area contributed by atoms with Crippen LogP contribution >= 0.6 is 11.3 Å². The van der Waals surface area contributed by atoms with Crippen LogP contribution in [0.4, 0.5) is 0 Å². The monoisotopic (exact) mass is 343 g/mol. The molecular formula is C18H21N3O2S. The maximum atomic E-state index is 12.4. The van der Waals surface area contributed by atoms with E-state index in [1.807, 2.05) is 37.4 Å². The number of hydrogen-bond donors (Lipinski definition) is 1. The van der Waals surface area contributed by atoms with E-state index in [4.69, 9.17) is 10.2 Å². The van der Waals surface area contributed by atoms with Crippen LogP contribution in [-0.2, 0) is 11.3 Å². The van der Waals surface area contributed by atoms with Crippen molar-refractivity contribution in [3.05, 3.63) is 51.7 Å². The molecule has 126 valence electrons. The highest BCUT2D eigenvalue weighted by atomic mass is 32.1. The number of fused-ring (bicyclic) bond motifs is 1. The largest absolute Gasteiger partial charge is 0.459 e. The molecule has 1 aromatic carbocycles. The Morgan fingerprint density at radius 3 is 2.88 bits per heavy atom. The standard InChI is InChI=1S/C18H21N3O2S/c1-11-5-4-6-13-12(2)15(23-17(11)13)10-21(3)16(22)9-14(19)18-20-7-8-24-18/h4-8,14H,9-10,19H2,1-3H3. The Kier molecular flexibility index (Phi) is 4.69. The smallest absolute Gasteiger partial charge is 0.224 e. The highest BCUT2D eigenvalue weighted by Gasteiger charge is 2.20. The fourth-order valence-electron chi connectivity index (χ4n) is 2.74. The molecule has 0 saturated carbocycles. The number of carbonyl (C=O) groups excluding carboxylic acids is 1. The number of thiazole rings is 1. The lowest BCUT2D eigenvalue weighted by Crippen LogP contribution is -2.29. The summed E-state index contributed by atoms with van der Waals surface area (Å²) in [5.41, 5.74) is 9.13. The normalized spacial score (nSPS) is 12.5. The molecule has 0 spiro atoms. The Bertz CT molecular complexity index is 855. The van der Waals surface area contributed by atoms with E-state index >= 15 is 0 Å². The van der Waals surface area contributed by atoms with Crippen molar-refractivity contribution in [2.24, 2.45) is 5.73 Å². The molecule has 0 aliphatic carbocycles. The van der Waals surface area contributed by atoms with Crippen molar-refractivity contribution in [1.29, 1.82) is 0 Å². The summed E-state index contributed by atoms with van der Waals surface area (Å²) in [5, 5.41) is 3.75. The molecule has 2 N–H and O–H groups in total. The lowest BCUT2D eigenvalue weighted by atomic mass is 10.1. The minimum Gasteiger partial charge on any atom is -0.459 e. The number of benzene rings is 1. The van der Waals surface area contributed by atoms with Crippen LogP contribution in [0, 0.1) is 13.8 Å². The summed E-state index contributed by atoms with van der Waals surface area (Å²) in [5.74, 6) is 0.798. The molecule has 0 radical (unpaired) electrons. The average Bonchev–Trinajstić information content (AvgIpc) is 3.18. The van der Waals surface area contributed by atoms with Crippen molar-refractivity contribution >= 4 is 28.2 Å². The summed E-state index contributed by atoms with van der Waals surface area (Å²) in [4.78, 5) is 18.3. The number of hydrogen-bond acceptors (Lipinski definition) is 5. The van der Waals surface area contributed by atoms with Crippen LogP contribution in [0.15, 0.2) is 34.2 Å². The maximum absolute atomic E-state index is 12.4. The lowest BCUT2D eigenvalue weighted by molar-refractivity contribution is -0.131. The molecule has 2 heterocycles. The summed E-state index contributed by atoms with van der Waals surface area (Å²) in [6, 6.07) is 5.73. The Balaban J connectivity index is 1.72. The van der Waals surface area contributed by atoms with E-state index in [1.165, 1.54) is 11.3 Å². The average molecular weight is 343 g/mol. The number of para-hydroxylation sites is 1. The molecule has 0 aliphatic heterocycles. The van der Waals surface area contributed by atoms with Crippen molar-refractivity contribution in [3.8, 4) is 0 Å². The van der Waals surface area contributed by atoms with Crippen LogP contribution in [0.1, 0.15) is 34.4 Å². The Morgan fingerprint density at radius 1 is 1.42 bits per heavy atom. The number of nitrogens with zero attached hydrogens (tertiary/aromatic N) is 2. The summed E-state index contributed by atoms with van der Waals surface area (Å²) in [6.45, 7) is 4.49. The van der Waals surface area contributed by atoms with Gasteiger partial charge >= 0.3 is 0 Å². The topological polar surface area (TPSA) is 72.4 Å². The molecule has 1 atom stereocenters. The molecule has 6 heteroatoms. The molecular weight excluding hydrogens is 322 g/mol. The molecule has 1 unspecified atom stereocenters. The molecule has 0 saturated heterocycles. The van der Waals surface area contributed by atoms with Crippen LogP contribution in [0.3, 0.4) is 0 Å². The van der Waals surface area contributed by atoms with E-state index in [0.717, 1.165) is 32.9 Å². The van der Waals surface area contributed by atoms with E-state index in [0.29, 0.717) is 6.54 Å². The fraction of sp³-hybridized carbons (Fsp3) is 0.333. The predicted molar refractivity (Wildman–Crippen MR) is 95.8 cm³/mol. The van der Waals surface area contributed by atoms with Gasteiger partial charge in [0, 0.05) is 36.0 Å². The Labute approximate surface area is 145 Å². The number of aryl methyl sites for hydroxylation is 2. The van der Waals surface area contributed by atoms with Crippen LogP contribution in [0.5, 0.6) is 0 Å². The quantitative estimate of drug-likeness (QED) is 0.769.